The summed E-state index contributed by atoms with van der Waals surface area (Å²) in [5, 5.41) is 7.15. The first-order chi connectivity index (χ1) is 9.31. The van der Waals surface area contributed by atoms with Gasteiger partial charge in [0.2, 0.25) is 0 Å². The third-order valence-corrected chi connectivity index (χ3v) is 2.75. The summed E-state index contributed by atoms with van der Waals surface area (Å²) in [7, 11) is 1.75. The number of halogens is 2. The van der Waals surface area contributed by atoms with Gasteiger partial charge >= 0.3 is 0 Å². The van der Waals surface area contributed by atoms with Gasteiger partial charge in [-0.1, -0.05) is 23.7 Å². The quantitative estimate of drug-likeness (QED) is 0.439. The third kappa shape index (κ3) is 8.36. The number of ether oxygens (including phenoxy) is 1. The van der Waals surface area contributed by atoms with Gasteiger partial charge in [-0.2, -0.15) is 0 Å². The standard InChI is InChI=1S/C15H24ClN3O.HI/c1-11(20-13-9-7-6-8-12(13)16)10-18-14(17-5)19-15(2,3)4;/h6-9,11H,10H2,1-5H3,(H2,17,18,19);1H. The van der Waals surface area contributed by atoms with Gasteiger partial charge in [-0.25, -0.2) is 0 Å². The van der Waals surface area contributed by atoms with Gasteiger partial charge in [0.25, 0.3) is 0 Å². The van der Waals surface area contributed by atoms with E-state index >= 15 is 0 Å². The molecular formula is C15H25ClIN3O. The highest BCUT2D eigenvalue weighted by atomic mass is 127. The van der Waals surface area contributed by atoms with E-state index in [2.05, 4.69) is 36.4 Å². The average Bonchev–Trinajstić information content (AvgIpc) is 2.36. The molecule has 0 saturated heterocycles. The van der Waals surface area contributed by atoms with Gasteiger partial charge in [0.1, 0.15) is 11.9 Å². The fourth-order valence-corrected chi connectivity index (χ4v) is 1.75. The second-order valence-corrected chi connectivity index (χ2v) is 6.09. The van der Waals surface area contributed by atoms with Gasteiger partial charge in [-0.3, -0.25) is 4.99 Å². The Morgan fingerprint density at radius 2 is 1.95 bits per heavy atom. The lowest BCUT2D eigenvalue weighted by Crippen LogP contribution is -2.49. The minimum atomic E-state index is -0.0331. The fraction of sp³-hybridized carbons (Fsp3) is 0.533. The normalized spacial score (nSPS) is 13.1. The SMILES string of the molecule is CN=C(NCC(C)Oc1ccccc1Cl)NC(C)(C)C.I. The summed E-state index contributed by atoms with van der Waals surface area (Å²) in [5.74, 6) is 1.45. The molecule has 1 aromatic carbocycles. The van der Waals surface area contributed by atoms with Crippen LogP contribution in [0.1, 0.15) is 27.7 Å². The van der Waals surface area contributed by atoms with Crippen LogP contribution in [0.4, 0.5) is 0 Å². The highest BCUT2D eigenvalue weighted by Crippen LogP contribution is 2.23. The molecule has 0 aliphatic rings. The first-order valence-corrected chi connectivity index (χ1v) is 7.09. The zero-order valence-electron chi connectivity index (χ0n) is 13.2. The van der Waals surface area contributed by atoms with Crippen molar-refractivity contribution in [3.8, 4) is 5.75 Å². The Bertz CT molecular complexity index is 460. The van der Waals surface area contributed by atoms with Crippen LogP contribution < -0.4 is 15.4 Å². The van der Waals surface area contributed by atoms with Gasteiger partial charge in [0, 0.05) is 12.6 Å². The molecule has 0 saturated carbocycles. The Labute approximate surface area is 149 Å². The molecular weight excluding hydrogens is 401 g/mol. The van der Waals surface area contributed by atoms with E-state index in [1.54, 1.807) is 7.05 Å². The van der Waals surface area contributed by atoms with E-state index in [0.29, 0.717) is 17.3 Å². The number of para-hydroxylation sites is 1. The number of guanidine groups is 1. The van der Waals surface area contributed by atoms with Gasteiger partial charge in [-0.15, -0.1) is 24.0 Å². The van der Waals surface area contributed by atoms with Crippen LogP contribution in [0.15, 0.2) is 29.3 Å². The summed E-state index contributed by atoms with van der Waals surface area (Å²) < 4.78 is 5.79. The largest absolute Gasteiger partial charge is 0.487 e. The van der Waals surface area contributed by atoms with Crippen LogP contribution in [-0.4, -0.2) is 31.2 Å². The first-order valence-electron chi connectivity index (χ1n) is 6.72. The predicted molar refractivity (Wildman–Crippen MR) is 101 cm³/mol. The molecule has 0 radical (unpaired) electrons. The summed E-state index contributed by atoms with van der Waals surface area (Å²) >= 11 is 6.06. The van der Waals surface area contributed by atoms with E-state index in [1.807, 2.05) is 31.2 Å². The second kappa shape index (κ2) is 9.35. The highest BCUT2D eigenvalue weighted by molar-refractivity contribution is 14.0. The smallest absolute Gasteiger partial charge is 0.191 e. The summed E-state index contributed by atoms with van der Waals surface area (Å²) in [4.78, 5) is 4.18. The molecule has 0 aliphatic carbocycles. The molecule has 0 fully saturated rings. The van der Waals surface area contributed by atoms with Crippen molar-refractivity contribution < 1.29 is 4.74 Å². The highest BCUT2D eigenvalue weighted by Gasteiger charge is 2.13. The van der Waals surface area contributed by atoms with E-state index in [9.17, 15) is 0 Å². The summed E-state index contributed by atoms with van der Waals surface area (Å²) in [6, 6.07) is 7.47. The zero-order chi connectivity index (χ0) is 15.2. The van der Waals surface area contributed by atoms with E-state index in [0.717, 1.165) is 5.96 Å². The lowest BCUT2D eigenvalue weighted by molar-refractivity contribution is 0.223. The Balaban J connectivity index is 0.00000400. The maximum absolute atomic E-state index is 6.06. The molecule has 1 atom stereocenters. The van der Waals surface area contributed by atoms with Crippen molar-refractivity contribution in [1.29, 1.82) is 0 Å². The van der Waals surface area contributed by atoms with Crippen LogP contribution in [0.25, 0.3) is 0 Å². The maximum atomic E-state index is 6.06. The van der Waals surface area contributed by atoms with Gasteiger partial charge < -0.3 is 15.4 Å². The number of hydrogen-bond donors (Lipinski definition) is 2. The molecule has 1 rings (SSSR count). The van der Waals surface area contributed by atoms with Crippen LogP contribution in [-0.2, 0) is 0 Å². The molecule has 21 heavy (non-hydrogen) atoms. The van der Waals surface area contributed by atoms with Crippen LogP contribution in [0.3, 0.4) is 0 Å². The number of benzene rings is 1. The Kier molecular flexibility index (Phi) is 9.04. The number of rotatable bonds is 4. The topological polar surface area (TPSA) is 45.7 Å². The lowest BCUT2D eigenvalue weighted by Gasteiger charge is -2.25. The number of nitrogens with one attached hydrogen (secondary N) is 2. The predicted octanol–water partition coefficient (Wildman–Crippen LogP) is 3.69. The van der Waals surface area contributed by atoms with E-state index in [4.69, 9.17) is 16.3 Å². The summed E-state index contributed by atoms with van der Waals surface area (Å²) in [6.45, 7) is 8.89. The molecule has 2 N–H and O–H groups in total. The fourth-order valence-electron chi connectivity index (χ4n) is 1.57. The van der Waals surface area contributed by atoms with Crippen molar-refractivity contribution in [1.82, 2.24) is 10.6 Å². The van der Waals surface area contributed by atoms with Crippen LogP contribution in [0, 0.1) is 0 Å². The molecule has 0 heterocycles. The van der Waals surface area contributed by atoms with E-state index in [1.165, 1.54) is 0 Å². The van der Waals surface area contributed by atoms with Gasteiger partial charge in [0.05, 0.1) is 11.6 Å². The molecule has 0 amide bonds. The van der Waals surface area contributed by atoms with Crippen molar-refractivity contribution in [2.75, 3.05) is 13.6 Å². The minimum Gasteiger partial charge on any atom is -0.487 e. The monoisotopic (exact) mass is 425 g/mol. The number of aliphatic imine (C=N–C) groups is 1. The van der Waals surface area contributed by atoms with Crippen LogP contribution >= 0.6 is 35.6 Å². The van der Waals surface area contributed by atoms with Crippen molar-refractivity contribution in [3.63, 3.8) is 0 Å². The summed E-state index contributed by atoms with van der Waals surface area (Å²) in [6.07, 6.45) is -0.0200. The molecule has 0 bridgehead atoms. The van der Waals surface area contributed by atoms with E-state index < -0.39 is 0 Å². The molecule has 0 aliphatic heterocycles. The lowest BCUT2D eigenvalue weighted by atomic mass is 10.1. The Hall–Kier alpha value is -0.690. The zero-order valence-corrected chi connectivity index (χ0v) is 16.3. The van der Waals surface area contributed by atoms with Crippen LogP contribution in [0.5, 0.6) is 5.75 Å². The molecule has 1 aromatic rings. The Morgan fingerprint density at radius 3 is 2.48 bits per heavy atom. The molecule has 120 valence electrons. The Morgan fingerprint density at radius 1 is 1.33 bits per heavy atom. The molecule has 6 heteroatoms. The average molecular weight is 426 g/mol. The second-order valence-electron chi connectivity index (χ2n) is 5.69. The maximum Gasteiger partial charge on any atom is 0.191 e. The van der Waals surface area contributed by atoms with E-state index in [-0.39, 0.29) is 35.6 Å². The molecule has 0 spiro atoms. The minimum absolute atomic E-state index is 0. The van der Waals surface area contributed by atoms with Crippen LogP contribution in [0.2, 0.25) is 5.02 Å². The number of hydrogen-bond acceptors (Lipinski definition) is 2. The van der Waals surface area contributed by atoms with Gasteiger partial charge in [0.15, 0.2) is 5.96 Å². The van der Waals surface area contributed by atoms with Crippen molar-refractivity contribution in [3.05, 3.63) is 29.3 Å². The third-order valence-electron chi connectivity index (χ3n) is 2.44. The van der Waals surface area contributed by atoms with Crippen molar-refractivity contribution >= 4 is 41.5 Å². The summed E-state index contributed by atoms with van der Waals surface area (Å²) in [5.41, 5.74) is -0.0331. The first kappa shape index (κ1) is 20.3. The van der Waals surface area contributed by atoms with Gasteiger partial charge in [-0.05, 0) is 39.8 Å². The number of nitrogens with zero attached hydrogens (tertiary/aromatic N) is 1. The molecule has 1 unspecified atom stereocenters. The molecule has 4 nitrogen and oxygen atoms in total. The molecule has 0 aromatic heterocycles. The van der Waals surface area contributed by atoms with Crippen molar-refractivity contribution in [2.24, 2.45) is 4.99 Å². The van der Waals surface area contributed by atoms with Crippen molar-refractivity contribution in [2.45, 2.75) is 39.3 Å².